The normalized spacial score (nSPS) is 22.4. The van der Waals surface area contributed by atoms with Crippen molar-refractivity contribution in [2.24, 2.45) is 5.92 Å². The maximum atomic E-state index is 13.1. The Labute approximate surface area is 156 Å². The van der Waals surface area contributed by atoms with Gasteiger partial charge in [0.05, 0.1) is 7.11 Å². The molecule has 1 heterocycles. The van der Waals surface area contributed by atoms with Crippen LogP contribution in [0.25, 0.3) is 10.8 Å². The maximum absolute atomic E-state index is 13.1. The van der Waals surface area contributed by atoms with E-state index in [9.17, 15) is 4.79 Å². The molecule has 0 spiro atoms. The summed E-state index contributed by atoms with van der Waals surface area (Å²) in [5, 5.41) is 2.23. The lowest BCUT2D eigenvalue weighted by atomic mass is 9.86. The Balaban J connectivity index is 1.50. The van der Waals surface area contributed by atoms with Crippen molar-refractivity contribution in [3.05, 3.63) is 42.0 Å². The van der Waals surface area contributed by atoms with Gasteiger partial charge in [-0.15, -0.1) is 0 Å². The summed E-state index contributed by atoms with van der Waals surface area (Å²) in [4.78, 5) is 15.8. The number of piperidine rings is 1. The van der Waals surface area contributed by atoms with Gasteiger partial charge in [-0.25, -0.2) is 0 Å². The van der Waals surface area contributed by atoms with Gasteiger partial charge in [-0.05, 0) is 61.2 Å². The number of carbonyl (C=O) groups excluding carboxylic acids is 1. The van der Waals surface area contributed by atoms with Crippen LogP contribution in [-0.4, -0.2) is 36.9 Å². The van der Waals surface area contributed by atoms with E-state index in [4.69, 9.17) is 4.74 Å². The first-order valence-electron chi connectivity index (χ1n) is 10.1. The molecule has 1 atom stereocenters. The van der Waals surface area contributed by atoms with E-state index in [0.29, 0.717) is 11.8 Å². The van der Waals surface area contributed by atoms with Gasteiger partial charge in [-0.1, -0.05) is 37.5 Å². The van der Waals surface area contributed by atoms with E-state index in [0.717, 1.165) is 41.5 Å². The minimum atomic E-state index is 0.154. The lowest BCUT2D eigenvalue weighted by molar-refractivity contribution is 0.0698. The molecule has 2 fully saturated rings. The summed E-state index contributed by atoms with van der Waals surface area (Å²) in [7, 11) is 1.68. The van der Waals surface area contributed by atoms with Crippen molar-refractivity contribution < 1.29 is 9.53 Å². The Kier molecular flexibility index (Phi) is 5.26. The molecule has 0 radical (unpaired) electrons. The lowest BCUT2D eigenvalue weighted by Gasteiger charge is -2.39. The van der Waals surface area contributed by atoms with Crippen LogP contribution in [0.5, 0.6) is 5.75 Å². The van der Waals surface area contributed by atoms with Crippen LogP contribution in [0, 0.1) is 5.92 Å². The van der Waals surface area contributed by atoms with Gasteiger partial charge in [-0.2, -0.15) is 0 Å². The van der Waals surface area contributed by atoms with E-state index < -0.39 is 0 Å². The zero-order valence-electron chi connectivity index (χ0n) is 15.7. The molecule has 4 rings (SSSR count). The Hall–Kier alpha value is -1.87. The number of Topliss-reactive ketones (excluding diaryl/α,β-unsaturated/α-hetero) is 1. The van der Waals surface area contributed by atoms with Gasteiger partial charge in [0.15, 0.2) is 5.78 Å². The highest BCUT2D eigenvalue weighted by Gasteiger charge is 2.30. The van der Waals surface area contributed by atoms with Crippen molar-refractivity contribution in [3.63, 3.8) is 0 Å². The van der Waals surface area contributed by atoms with Crippen LogP contribution < -0.4 is 4.74 Å². The van der Waals surface area contributed by atoms with Gasteiger partial charge in [0.2, 0.25) is 0 Å². The standard InChI is InChI=1S/C23H29NO2/c1-26-22-12-11-17-14-19(10-9-18(17)15-22)23(25)20-6-5-13-24(16-20)21-7-3-2-4-8-21/h9-12,14-15,20-21H,2-8,13,16H2,1H3. The van der Waals surface area contributed by atoms with E-state index in [1.807, 2.05) is 30.3 Å². The number of likely N-dealkylation sites (tertiary alicyclic amines) is 1. The molecule has 0 amide bonds. The van der Waals surface area contributed by atoms with Gasteiger partial charge in [0, 0.05) is 24.1 Å². The summed E-state index contributed by atoms with van der Waals surface area (Å²) in [6, 6.07) is 12.8. The van der Waals surface area contributed by atoms with Crippen molar-refractivity contribution in [1.29, 1.82) is 0 Å². The lowest BCUT2D eigenvalue weighted by Crippen LogP contribution is -2.45. The number of hydrogen-bond acceptors (Lipinski definition) is 3. The fourth-order valence-corrected chi connectivity index (χ4v) is 4.74. The average molecular weight is 351 g/mol. The number of ether oxygens (including phenoxy) is 1. The molecule has 0 bridgehead atoms. The zero-order chi connectivity index (χ0) is 17.9. The summed E-state index contributed by atoms with van der Waals surface area (Å²) in [5.41, 5.74) is 0.859. The molecule has 0 N–H and O–H groups in total. The Bertz CT molecular complexity index is 779. The molecule has 1 saturated heterocycles. The number of hydrogen-bond donors (Lipinski definition) is 0. The molecule has 26 heavy (non-hydrogen) atoms. The fourth-order valence-electron chi connectivity index (χ4n) is 4.74. The van der Waals surface area contributed by atoms with Crippen molar-refractivity contribution in [2.45, 2.75) is 51.0 Å². The van der Waals surface area contributed by atoms with E-state index in [1.54, 1.807) is 7.11 Å². The zero-order valence-corrected chi connectivity index (χ0v) is 15.7. The van der Waals surface area contributed by atoms with Crippen LogP contribution >= 0.6 is 0 Å². The third kappa shape index (κ3) is 3.64. The number of fused-ring (bicyclic) bond motifs is 1. The first-order chi connectivity index (χ1) is 12.7. The van der Waals surface area contributed by atoms with Crippen LogP contribution in [0.15, 0.2) is 36.4 Å². The number of nitrogens with zero attached hydrogens (tertiary/aromatic N) is 1. The van der Waals surface area contributed by atoms with Crippen LogP contribution in [-0.2, 0) is 0 Å². The first kappa shape index (κ1) is 17.5. The maximum Gasteiger partial charge on any atom is 0.167 e. The number of methoxy groups -OCH3 is 1. The molecule has 3 heteroatoms. The fraction of sp³-hybridized carbons (Fsp3) is 0.522. The quantitative estimate of drug-likeness (QED) is 0.720. The Morgan fingerprint density at radius 2 is 1.73 bits per heavy atom. The largest absolute Gasteiger partial charge is 0.497 e. The molecule has 2 aromatic carbocycles. The highest BCUT2D eigenvalue weighted by Crippen LogP contribution is 2.29. The van der Waals surface area contributed by atoms with E-state index in [-0.39, 0.29) is 5.92 Å². The number of ketones is 1. The molecular weight excluding hydrogens is 322 g/mol. The van der Waals surface area contributed by atoms with Crippen molar-refractivity contribution in [2.75, 3.05) is 20.2 Å². The minimum Gasteiger partial charge on any atom is -0.497 e. The van der Waals surface area contributed by atoms with Crippen molar-refractivity contribution in [3.8, 4) is 5.75 Å². The van der Waals surface area contributed by atoms with Crippen molar-refractivity contribution >= 4 is 16.6 Å². The van der Waals surface area contributed by atoms with Gasteiger partial charge in [0.25, 0.3) is 0 Å². The predicted molar refractivity (Wildman–Crippen MR) is 106 cm³/mol. The second kappa shape index (κ2) is 7.79. The van der Waals surface area contributed by atoms with Crippen LogP contribution in [0.4, 0.5) is 0 Å². The van der Waals surface area contributed by atoms with Crippen LogP contribution in [0.3, 0.4) is 0 Å². The smallest absolute Gasteiger partial charge is 0.167 e. The summed E-state index contributed by atoms with van der Waals surface area (Å²) in [6.45, 7) is 2.12. The average Bonchev–Trinajstić information content (AvgIpc) is 2.73. The highest BCUT2D eigenvalue weighted by atomic mass is 16.5. The van der Waals surface area contributed by atoms with E-state index in [2.05, 4.69) is 11.0 Å². The molecular formula is C23H29NO2. The Morgan fingerprint density at radius 1 is 0.962 bits per heavy atom. The molecule has 1 unspecified atom stereocenters. The van der Waals surface area contributed by atoms with Gasteiger partial charge >= 0.3 is 0 Å². The molecule has 1 aliphatic heterocycles. The second-order valence-corrected chi connectivity index (χ2v) is 7.92. The van der Waals surface area contributed by atoms with E-state index in [1.165, 1.54) is 38.6 Å². The van der Waals surface area contributed by atoms with Gasteiger partial charge < -0.3 is 4.74 Å². The van der Waals surface area contributed by atoms with Crippen LogP contribution in [0.1, 0.15) is 55.3 Å². The summed E-state index contributed by atoms with van der Waals surface area (Å²) in [6.07, 6.45) is 8.91. The molecule has 138 valence electrons. The summed E-state index contributed by atoms with van der Waals surface area (Å²) >= 11 is 0. The van der Waals surface area contributed by atoms with E-state index >= 15 is 0 Å². The molecule has 1 aliphatic carbocycles. The minimum absolute atomic E-state index is 0.154. The van der Waals surface area contributed by atoms with Gasteiger partial charge in [0.1, 0.15) is 5.75 Å². The monoisotopic (exact) mass is 351 g/mol. The topological polar surface area (TPSA) is 29.5 Å². The predicted octanol–water partition coefficient (Wildman–Crippen LogP) is 5.08. The second-order valence-electron chi connectivity index (χ2n) is 7.92. The number of rotatable bonds is 4. The SMILES string of the molecule is COc1ccc2cc(C(=O)C3CCCN(C4CCCCC4)C3)ccc2c1. The number of carbonyl (C=O) groups is 1. The third-order valence-corrected chi connectivity index (χ3v) is 6.25. The third-order valence-electron chi connectivity index (χ3n) is 6.25. The molecule has 2 aliphatic rings. The van der Waals surface area contributed by atoms with Crippen LogP contribution in [0.2, 0.25) is 0 Å². The first-order valence-corrected chi connectivity index (χ1v) is 10.1. The number of benzene rings is 2. The molecule has 3 nitrogen and oxygen atoms in total. The Morgan fingerprint density at radius 3 is 2.54 bits per heavy atom. The van der Waals surface area contributed by atoms with Gasteiger partial charge in [-0.3, -0.25) is 9.69 Å². The molecule has 2 aromatic rings. The highest BCUT2D eigenvalue weighted by molar-refractivity contribution is 6.01. The molecule has 1 saturated carbocycles. The van der Waals surface area contributed by atoms with Crippen molar-refractivity contribution in [1.82, 2.24) is 4.90 Å². The summed E-state index contributed by atoms with van der Waals surface area (Å²) < 4.78 is 5.29. The summed E-state index contributed by atoms with van der Waals surface area (Å²) in [5.74, 6) is 1.33. The molecule has 0 aromatic heterocycles.